The van der Waals surface area contributed by atoms with E-state index in [1.165, 1.54) is 18.9 Å². The zero-order valence-corrected chi connectivity index (χ0v) is 20.4. The summed E-state index contributed by atoms with van der Waals surface area (Å²) in [4.78, 5) is 25.2. The molecular weight excluding hydrogens is 498 g/mol. The third-order valence-electron chi connectivity index (χ3n) is 4.55. The Morgan fingerprint density at radius 1 is 1.12 bits per heavy atom. The number of para-hydroxylation sites is 2. The Balaban J connectivity index is 1.39. The van der Waals surface area contributed by atoms with E-state index in [0.29, 0.717) is 37.8 Å². The standard InChI is InChI=1S/C22H18ClN5O4S2/c1-12-18(19(28-32-12)13-7-3-4-8-14(13)23)20(30)25-21-26-27-22(34-21)33-11-17(29)24-15-9-5-6-10-16(15)31-2/h3-10H,11H2,1-2H3,(H,24,29)(H,25,26,30). The average molecular weight is 516 g/mol. The first kappa shape index (κ1) is 23.7. The van der Waals surface area contributed by atoms with Crippen molar-refractivity contribution >= 4 is 57.3 Å². The van der Waals surface area contributed by atoms with Crippen molar-refractivity contribution in [2.24, 2.45) is 0 Å². The molecule has 0 aliphatic rings. The first-order valence-corrected chi connectivity index (χ1v) is 12.1. The number of nitrogens with one attached hydrogen (secondary N) is 2. The fraction of sp³-hybridized carbons (Fsp3) is 0.136. The minimum Gasteiger partial charge on any atom is -0.495 e. The summed E-state index contributed by atoms with van der Waals surface area (Å²) in [5, 5.41) is 18.3. The van der Waals surface area contributed by atoms with E-state index in [4.69, 9.17) is 20.9 Å². The van der Waals surface area contributed by atoms with Gasteiger partial charge in [-0.05, 0) is 25.1 Å². The van der Waals surface area contributed by atoms with Crippen LogP contribution in [0.5, 0.6) is 5.75 Å². The topological polar surface area (TPSA) is 119 Å². The van der Waals surface area contributed by atoms with Gasteiger partial charge in [-0.15, -0.1) is 10.2 Å². The summed E-state index contributed by atoms with van der Waals surface area (Å²) >= 11 is 8.62. The average Bonchev–Trinajstić information content (AvgIpc) is 3.44. The first-order valence-electron chi connectivity index (χ1n) is 9.88. The quantitative estimate of drug-likeness (QED) is 0.244. The molecule has 0 aliphatic carbocycles. The van der Waals surface area contributed by atoms with Gasteiger partial charge in [-0.3, -0.25) is 14.9 Å². The molecule has 34 heavy (non-hydrogen) atoms. The fourth-order valence-corrected chi connectivity index (χ4v) is 4.79. The number of ether oxygens (including phenoxy) is 1. The van der Waals surface area contributed by atoms with Crippen LogP contribution in [-0.2, 0) is 4.79 Å². The largest absolute Gasteiger partial charge is 0.495 e. The van der Waals surface area contributed by atoms with Crippen molar-refractivity contribution in [2.75, 3.05) is 23.5 Å². The molecule has 0 atom stereocenters. The van der Waals surface area contributed by atoms with Crippen molar-refractivity contribution in [1.82, 2.24) is 15.4 Å². The molecule has 2 N–H and O–H groups in total. The number of hydrogen-bond donors (Lipinski definition) is 2. The van der Waals surface area contributed by atoms with Gasteiger partial charge in [0.1, 0.15) is 22.8 Å². The third kappa shape index (κ3) is 5.38. The number of aryl methyl sites for hydroxylation is 1. The number of methoxy groups -OCH3 is 1. The van der Waals surface area contributed by atoms with Gasteiger partial charge in [-0.2, -0.15) is 0 Å². The van der Waals surface area contributed by atoms with Crippen LogP contribution in [0, 0.1) is 6.92 Å². The van der Waals surface area contributed by atoms with Gasteiger partial charge in [-0.1, -0.05) is 70.2 Å². The number of benzene rings is 2. The molecule has 0 fully saturated rings. The Labute approximate surface area is 207 Å². The molecule has 9 nitrogen and oxygen atoms in total. The molecule has 2 aromatic heterocycles. The molecule has 0 saturated carbocycles. The van der Waals surface area contributed by atoms with E-state index in [-0.39, 0.29) is 22.4 Å². The molecule has 2 aromatic carbocycles. The highest BCUT2D eigenvalue weighted by atomic mass is 35.5. The van der Waals surface area contributed by atoms with Crippen molar-refractivity contribution in [3.63, 3.8) is 0 Å². The molecule has 0 bridgehead atoms. The number of aromatic nitrogens is 3. The van der Waals surface area contributed by atoms with E-state index in [9.17, 15) is 9.59 Å². The van der Waals surface area contributed by atoms with Crippen LogP contribution in [0.4, 0.5) is 10.8 Å². The van der Waals surface area contributed by atoms with Gasteiger partial charge < -0.3 is 14.6 Å². The minimum atomic E-state index is -0.449. The number of carbonyl (C=O) groups is 2. The maximum absolute atomic E-state index is 12.9. The lowest BCUT2D eigenvalue weighted by molar-refractivity contribution is -0.113. The van der Waals surface area contributed by atoms with E-state index in [1.807, 2.05) is 6.07 Å². The van der Waals surface area contributed by atoms with Crippen molar-refractivity contribution in [3.05, 3.63) is 64.9 Å². The predicted molar refractivity (Wildman–Crippen MR) is 132 cm³/mol. The number of thioether (sulfide) groups is 1. The van der Waals surface area contributed by atoms with Gasteiger partial charge in [0.05, 0.1) is 23.6 Å². The summed E-state index contributed by atoms with van der Waals surface area (Å²) in [5.74, 6) is 0.360. The molecule has 0 spiro atoms. The summed E-state index contributed by atoms with van der Waals surface area (Å²) in [5.41, 5.74) is 1.77. The first-order chi connectivity index (χ1) is 16.5. The third-order valence-corrected chi connectivity index (χ3v) is 6.86. The van der Waals surface area contributed by atoms with Crippen molar-refractivity contribution in [3.8, 4) is 17.0 Å². The van der Waals surface area contributed by atoms with Gasteiger partial charge in [0.15, 0.2) is 4.34 Å². The number of nitrogens with zero attached hydrogens (tertiary/aromatic N) is 3. The highest BCUT2D eigenvalue weighted by Gasteiger charge is 2.24. The van der Waals surface area contributed by atoms with Gasteiger partial charge in [0.2, 0.25) is 11.0 Å². The van der Waals surface area contributed by atoms with Crippen LogP contribution in [0.15, 0.2) is 57.4 Å². The summed E-state index contributed by atoms with van der Waals surface area (Å²) in [7, 11) is 1.54. The van der Waals surface area contributed by atoms with Crippen molar-refractivity contribution < 1.29 is 18.8 Å². The van der Waals surface area contributed by atoms with Gasteiger partial charge in [-0.25, -0.2) is 0 Å². The Kier molecular flexibility index (Phi) is 7.46. The highest BCUT2D eigenvalue weighted by molar-refractivity contribution is 8.01. The summed E-state index contributed by atoms with van der Waals surface area (Å²) in [6.45, 7) is 1.64. The number of hydrogen-bond acceptors (Lipinski definition) is 9. The molecule has 0 aliphatic heterocycles. The molecule has 174 valence electrons. The maximum Gasteiger partial charge on any atom is 0.263 e. The molecule has 2 heterocycles. The Morgan fingerprint density at radius 3 is 2.68 bits per heavy atom. The molecule has 0 saturated heterocycles. The summed E-state index contributed by atoms with van der Waals surface area (Å²) in [6, 6.07) is 14.2. The highest BCUT2D eigenvalue weighted by Crippen LogP contribution is 2.32. The lowest BCUT2D eigenvalue weighted by atomic mass is 10.1. The van der Waals surface area contributed by atoms with Crippen LogP contribution in [0.1, 0.15) is 16.1 Å². The molecule has 0 unspecified atom stereocenters. The number of amides is 2. The van der Waals surface area contributed by atoms with Crippen LogP contribution >= 0.6 is 34.7 Å². The molecule has 4 aromatic rings. The normalized spacial score (nSPS) is 10.7. The Hall–Kier alpha value is -3.41. The molecular formula is C22H18ClN5O4S2. The van der Waals surface area contributed by atoms with Crippen LogP contribution in [0.3, 0.4) is 0 Å². The molecule has 12 heteroatoms. The number of halogens is 1. The molecule has 2 amide bonds. The zero-order chi connectivity index (χ0) is 24.1. The van der Waals surface area contributed by atoms with Gasteiger partial charge >= 0.3 is 0 Å². The smallest absolute Gasteiger partial charge is 0.263 e. The van der Waals surface area contributed by atoms with E-state index in [2.05, 4.69) is 26.0 Å². The molecule has 4 rings (SSSR count). The van der Waals surface area contributed by atoms with Crippen molar-refractivity contribution in [2.45, 2.75) is 11.3 Å². The Morgan fingerprint density at radius 2 is 1.88 bits per heavy atom. The maximum atomic E-state index is 12.9. The zero-order valence-electron chi connectivity index (χ0n) is 18.0. The molecule has 0 radical (unpaired) electrons. The van der Waals surface area contributed by atoms with E-state index in [1.54, 1.807) is 49.4 Å². The van der Waals surface area contributed by atoms with Crippen LogP contribution in [-0.4, -0.2) is 40.0 Å². The van der Waals surface area contributed by atoms with Gasteiger partial charge in [0, 0.05) is 5.56 Å². The summed E-state index contributed by atoms with van der Waals surface area (Å²) < 4.78 is 11.0. The monoisotopic (exact) mass is 515 g/mol. The van der Waals surface area contributed by atoms with Crippen LogP contribution in [0.2, 0.25) is 5.02 Å². The number of anilines is 2. The number of carbonyl (C=O) groups excluding carboxylic acids is 2. The Bertz CT molecular complexity index is 1340. The van der Waals surface area contributed by atoms with Gasteiger partial charge in [0.25, 0.3) is 5.91 Å². The predicted octanol–water partition coefficient (Wildman–Crippen LogP) is 5.15. The second-order valence-corrected chi connectivity index (χ2v) is 9.41. The second-order valence-electron chi connectivity index (χ2n) is 6.81. The second kappa shape index (κ2) is 10.7. The fourth-order valence-electron chi connectivity index (χ4n) is 3.02. The van der Waals surface area contributed by atoms with Crippen LogP contribution < -0.4 is 15.4 Å². The summed E-state index contributed by atoms with van der Waals surface area (Å²) in [6.07, 6.45) is 0. The van der Waals surface area contributed by atoms with Crippen LogP contribution in [0.25, 0.3) is 11.3 Å². The lowest BCUT2D eigenvalue weighted by Gasteiger charge is -2.08. The SMILES string of the molecule is COc1ccccc1NC(=O)CSc1nnc(NC(=O)c2c(-c3ccccc3Cl)noc2C)s1. The van der Waals surface area contributed by atoms with E-state index in [0.717, 1.165) is 11.3 Å². The minimum absolute atomic E-state index is 0.113. The van der Waals surface area contributed by atoms with Crippen molar-refractivity contribution in [1.29, 1.82) is 0 Å². The van der Waals surface area contributed by atoms with E-state index >= 15 is 0 Å². The lowest BCUT2D eigenvalue weighted by Crippen LogP contribution is -2.14. The van der Waals surface area contributed by atoms with E-state index < -0.39 is 5.91 Å². The number of rotatable bonds is 8.